The number of thioether (sulfide) groups is 1. The van der Waals surface area contributed by atoms with Crippen LogP contribution in [0.15, 0.2) is 42.5 Å². The van der Waals surface area contributed by atoms with Gasteiger partial charge in [-0.25, -0.2) is 4.39 Å². The van der Waals surface area contributed by atoms with E-state index in [-0.39, 0.29) is 11.7 Å². The quantitative estimate of drug-likeness (QED) is 0.764. The lowest BCUT2D eigenvalue weighted by atomic mass is 10.1. The van der Waals surface area contributed by atoms with Gasteiger partial charge in [0.15, 0.2) is 0 Å². The molecule has 0 aliphatic heterocycles. The maximum absolute atomic E-state index is 13.6. The van der Waals surface area contributed by atoms with Crippen LogP contribution in [-0.2, 0) is 17.0 Å². The standard InChI is InChI=1S/C18H19ClFNO2S/c1-23-16-6-2-13(3-7-16)8-9-21-18(22)12-24-11-14-4-5-15(19)10-17(14)20/h2-7,10H,8-9,11-12H2,1H3,(H,21,22). The summed E-state index contributed by atoms with van der Waals surface area (Å²) >= 11 is 7.08. The van der Waals surface area contributed by atoms with E-state index in [9.17, 15) is 9.18 Å². The number of halogens is 2. The Balaban J connectivity index is 1.66. The molecule has 6 heteroatoms. The first kappa shape index (κ1) is 18.6. The van der Waals surface area contributed by atoms with Crippen LogP contribution >= 0.6 is 23.4 Å². The summed E-state index contributed by atoms with van der Waals surface area (Å²) in [4.78, 5) is 11.8. The molecule has 0 fully saturated rings. The second kappa shape index (κ2) is 9.55. The molecule has 128 valence electrons. The number of carbonyl (C=O) groups is 1. The normalized spacial score (nSPS) is 10.5. The zero-order valence-corrected chi connectivity index (χ0v) is 14.9. The number of carbonyl (C=O) groups excluding carboxylic acids is 1. The van der Waals surface area contributed by atoms with E-state index in [1.807, 2.05) is 24.3 Å². The molecule has 0 spiro atoms. The number of hydrogen-bond acceptors (Lipinski definition) is 3. The van der Waals surface area contributed by atoms with Gasteiger partial charge in [-0.15, -0.1) is 11.8 Å². The number of nitrogens with one attached hydrogen (secondary N) is 1. The van der Waals surface area contributed by atoms with Crippen LogP contribution < -0.4 is 10.1 Å². The maximum atomic E-state index is 13.6. The van der Waals surface area contributed by atoms with Crippen molar-refractivity contribution in [2.24, 2.45) is 0 Å². The molecular formula is C18H19ClFNO2S. The van der Waals surface area contributed by atoms with Gasteiger partial charge >= 0.3 is 0 Å². The highest BCUT2D eigenvalue weighted by atomic mass is 35.5. The van der Waals surface area contributed by atoms with Crippen molar-refractivity contribution in [1.82, 2.24) is 5.32 Å². The number of rotatable bonds is 8. The number of hydrogen-bond donors (Lipinski definition) is 1. The van der Waals surface area contributed by atoms with Crippen molar-refractivity contribution in [2.75, 3.05) is 19.4 Å². The Morgan fingerprint density at radius 3 is 2.67 bits per heavy atom. The van der Waals surface area contributed by atoms with Crippen LogP contribution in [0, 0.1) is 5.82 Å². The highest BCUT2D eigenvalue weighted by Crippen LogP contribution is 2.19. The lowest BCUT2D eigenvalue weighted by Gasteiger charge is -2.07. The molecule has 2 aromatic rings. The molecule has 3 nitrogen and oxygen atoms in total. The highest BCUT2D eigenvalue weighted by molar-refractivity contribution is 7.99. The third-order valence-corrected chi connectivity index (χ3v) is 4.62. The molecule has 24 heavy (non-hydrogen) atoms. The van der Waals surface area contributed by atoms with Crippen molar-refractivity contribution in [3.63, 3.8) is 0 Å². The molecule has 0 heterocycles. The predicted octanol–water partition coefficient (Wildman–Crippen LogP) is 4.08. The first-order valence-corrected chi connectivity index (χ1v) is 9.03. The molecule has 0 unspecified atom stereocenters. The van der Waals surface area contributed by atoms with Crippen LogP contribution in [0.5, 0.6) is 5.75 Å². The average Bonchev–Trinajstić information content (AvgIpc) is 2.57. The fourth-order valence-corrected chi connectivity index (χ4v) is 3.08. The summed E-state index contributed by atoms with van der Waals surface area (Å²) in [7, 11) is 1.63. The molecule has 0 saturated carbocycles. The van der Waals surface area contributed by atoms with Gasteiger partial charge in [-0.1, -0.05) is 29.8 Å². The lowest BCUT2D eigenvalue weighted by Crippen LogP contribution is -2.27. The van der Waals surface area contributed by atoms with Gasteiger partial charge in [0.25, 0.3) is 0 Å². The number of ether oxygens (including phenoxy) is 1. The first-order valence-electron chi connectivity index (χ1n) is 7.50. The summed E-state index contributed by atoms with van der Waals surface area (Å²) in [6, 6.07) is 12.3. The second-order valence-electron chi connectivity index (χ2n) is 5.18. The third kappa shape index (κ3) is 6.06. The molecule has 1 amide bonds. The smallest absolute Gasteiger partial charge is 0.230 e. The van der Waals surface area contributed by atoms with Crippen LogP contribution in [0.1, 0.15) is 11.1 Å². The summed E-state index contributed by atoms with van der Waals surface area (Å²) in [5.41, 5.74) is 1.68. The van der Waals surface area contributed by atoms with E-state index < -0.39 is 0 Å². The largest absolute Gasteiger partial charge is 0.497 e. The topological polar surface area (TPSA) is 38.3 Å². The van der Waals surface area contributed by atoms with Crippen LogP contribution in [0.4, 0.5) is 4.39 Å². The number of amides is 1. The van der Waals surface area contributed by atoms with Gasteiger partial charge in [0.2, 0.25) is 5.91 Å². The lowest BCUT2D eigenvalue weighted by molar-refractivity contribution is -0.118. The van der Waals surface area contributed by atoms with Gasteiger partial charge in [0.1, 0.15) is 11.6 Å². The van der Waals surface area contributed by atoms with Crippen molar-refractivity contribution in [1.29, 1.82) is 0 Å². The molecule has 0 atom stereocenters. The Hall–Kier alpha value is -1.72. The molecule has 1 N–H and O–H groups in total. The van der Waals surface area contributed by atoms with E-state index in [0.29, 0.717) is 28.6 Å². The zero-order valence-electron chi connectivity index (χ0n) is 13.4. The van der Waals surface area contributed by atoms with Gasteiger partial charge in [-0.3, -0.25) is 4.79 Å². The second-order valence-corrected chi connectivity index (χ2v) is 6.60. The van der Waals surface area contributed by atoms with E-state index in [1.165, 1.54) is 17.8 Å². The van der Waals surface area contributed by atoms with Crippen molar-refractivity contribution in [2.45, 2.75) is 12.2 Å². The minimum absolute atomic E-state index is 0.0529. The molecule has 0 aliphatic rings. The van der Waals surface area contributed by atoms with Crippen LogP contribution in [-0.4, -0.2) is 25.3 Å². The summed E-state index contributed by atoms with van der Waals surface area (Å²) < 4.78 is 18.7. The average molecular weight is 368 g/mol. The van der Waals surface area contributed by atoms with Gasteiger partial charge in [0.05, 0.1) is 12.9 Å². The Kier molecular flexibility index (Phi) is 7.40. The van der Waals surface area contributed by atoms with Gasteiger partial charge in [-0.05, 0) is 41.8 Å². The van der Waals surface area contributed by atoms with Crippen molar-refractivity contribution < 1.29 is 13.9 Å². The van der Waals surface area contributed by atoms with E-state index in [1.54, 1.807) is 19.2 Å². The van der Waals surface area contributed by atoms with E-state index in [0.717, 1.165) is 17.7 Å². The van der Waals surface area contributed by atoms with Gasteiger partial charge < -0.3 is 10.1 Å². The Morgan fingerprint density at radius 1 is 1.25 bits per heavy atom. The molecule has 2 rings (SSSR count). The SMILES string of the molecule is COc1ccc(CCNC(=O)CSCc2ccc(Cl)cc2F)cc1. The van der Waals surface area contributed by atoms with Crippen LogP contribution in [0.25, 0.3) is 0 Å². The number of benzene rings is 2. The van der Waals surface area contributed by atoms with Crippen molar-refractivity contribution in [3.8, 4) is 5.75 Å². The molecule has 0 aromatic heterocycles. The Labute approximate surface area is 150 Å². The predicted molar refractivity (Wildman–Crippen MR) is 97.3 cm³/mol. The molecule has 0 bridgehead atoms. The van der Waals surface area contributed by atoms with Crippen molar-refractivity contribution >= 4 is 29.3 Å². The maximum Gasteiger partial charge on any atom is 0.230 e. The van der Waals surface area contributed by atoms with E-state index >= 15 is 0 Å². The van der Waals surface area contributed by atoms with Gasteiger partial charge in [0, 0.05) is 17.3 Å². The van der Waals surface area contributed by atoms with Crippen molar-refractivity contribution in [3.05, 3.63) is 64.4 Å². The molecule has 0 saturated heterocycles. The summed E-state index contributed by atoms with van der Waals surface area (Å²) in [5, 5.41) is 3.24. The fourth-order valence-electron chi connectivity index (χ4n) is 2.08. The van der Waals surface area contributed by atoms with Crippen LogP contribution in [0.2, 0.25) is 5.02 Å². The molecular weight excluding hydrogens is 349 g/mol. The molecule has 0 radical (unpaired) electrons. The summed E-state index contributed by atoms with van der Waals surface area (Å²) in [5.74, 6) is 1.16. The molecule has 0 aliphatic carbocycles. The minimum Gasteiger partial charge on any atom is -0.497 e. The Bertz CT molecular complexity index is 679. The van der Waals surface area contributed by atoms with Crippen LogP contribution in [0.3, 0.4) is 0 Å². The molecule has 2 aromatic carbocycles. The first-order chi connectivity index (χ1) is 11.6. The monoisotopic (exact) mass is 367 g/mol. The van der Waals surface area contributed by atoms with Gasteiger partial charge in [-0.2, -0.15) is 0 Å². The Morgan fingerprint density at radius 2 is 2.00 bits per heavy atom. The van der Waals surface area contributed by atoms with E-state index in [4.69, 9.17) is 16.3 Å². The third-order valence-electron chi connectivity index (χ3n) is 3.40. The fraction of sp³-hybridized carbons (Fsp3) is 0.278. The zero-order chi connectivity index (χ0) is 17.4. The summed E-state index contributed by atoms with van der Waals surface area (Å²) in [6.45, 7) is 0.570. The minimum atomic E-state index is -0.338. The van der Waals surface area contributed by atoms with E-state index in [2.05, 4.69) is 5.32 Å². The number of methoxy groups -OCH3 is 1. The highest BCUT2D eigenvalue weighted by Gasteiger charge is 2.06. The summed E-state index contributed by atoms with van der Waals surface area (Å²) in [6.07, 6.45) is 0.756.